The van der Waals surface area contributed by atoms with Crippen LogP contribution in [0.1, 0.15) is 24.8 Å². The van der Waals surface area contributed by atoms with Crippen LogP contribution in [0.4, 0.5) is 5.13 Å². The topological polar surface area (TPSA) is 84.4 Å². The molecule has 110 valence electrons. The van der Waals surface area contributed by atoms with Gasteiger partial charge in [0.2, 0.25) is 16.9 Å². The van der Waals surface area contributed by atoms with Crippen LogP contribution in [-0.4, -0.2) is 53.2 Å². The second kappa shape index (κ2) is 7.30. The summed E-state index contributed by atoms with van der Waals surface area (Å²) in [6, 6.07) is 0. The Morgan fingerprint density at radius 3 is 2.70 bits per heavy atom. The summed E-state index contributed by atoms with van der Waals surface area (Å²) in [4.78, 5) is 25.3. The van der Waals surface area contributed by atoms with Crippen LogP contribution < -0.4 is 5.32 Å². The van der Waals surface area contributed by atoms with Gasteiger partial charge in [-0.2, -0.15) is 0 Å². The van der Waals surface area contributed by atoms with E-state index in [4.69, 9.17) is 4.74 Å². The number of amides is 2. The van der Waals surface area contributed by atoms with E-state index < -0.39 is 0 Å². The first-order valence-electron chi connectivity index (χ1n) is 6.66. The number of carbonyl (C=O) groups excluding carboxylic acids is 2. The first kappa shape index (κ1) is 14.9. The molecule has 0 spiro atoms. The SMILES string of the molecule is CCc1nnc(NC(=O)CCC(=O)N2CCOCC2)s1. The number of nitrogens with zero attached hydrogens (tertiary/aromatic N) is 3. The maximum atomic E-state index is 11.9. The highest BCUT2D eigenvalue weighted by atomic mass is 32.1. The molecule has 1 aliphatic heterocycles. The van der Waals surface area contributed by atoms with Crippen molar-refractivity contribution in [3.05, 3.63) is 5.01 Å². The number of nitrogens with one attached hydrogen (secondary N) is 1. The molecule has 1 saturated heterocycles. The van der Waals surface area contributed by atoms with Crippen LogP contribution in [0.2, 0.25) is 0 Å². The zero-order valence-electron chi connectivity index (χ0n) is 11.4. The van der Waals surface area contributed by atoms with Crippen LogP contribution in [0.25, 0.3) is 0 Å². The van der Waals surface area contributed by atoms with Gasteiger partial charge in [0.05, 0.1) is 13.2 Å². The molecule has 0 unspecified atom stereocenters. The third-order valence-electron chi connectivity index (χ3n) is 2.95. The Labute approximate surface area is 121 Å². The van der Waals surface area contributed by atoms with Crippen LogP contribution >= 0.6 is 11.3 Å². The molecule has 1 N–H and O–H groups in total. The van der Waals surface area contributed by atoms with Gasteiger partial charge in [0.1, 0.15) is 5.01 Å². The number of morpholine rings is 1. The van der Waals surface area contributed by atoms with Crippen molar-refractivity contribution in [2.45, 2.75) is 26.2 Å². The molecule has 1 aliphatic rings. The van der Waals surface area contributed by atoms with Crippen molar-refractivity contribution in [1.82, 2.24) is 15.1 Å². The monoisotopic (exact) mass is 298 g/mol. The summed E-state index contributed by atoms with van der Waals surface area (Å²) in [6.07, 6.45) is 1.17. The Morgan fingerprint density at radius 1 is 1.30 bits per heavy atom. The minimum atomic E-state index is -0.203. The third kappa shape index (κ3) is 4.24. The van der Waals surface area contributed by atoms with Crippen LogP contribution in [-0.2, 0) is 20.7 Å². The molecule has 2 amide bonds. The minimum Gasteiger partial charge on any atom is -0.378 e. The molecule has 7 nitrogen and oxygen atoms in total. The predicted octanol–water partition coefficient (Wildman–Crippen LogP) is 0.678. The molecular weight excluding hydrogens is 280 g/mol. The number of aromatic nitrogens is 2. The number of anilines is 1. The van der Waals surface area contributed by atoms with Gasteiger partial charge in [0.15, 0.2) is 0 Å². The second-order valence-corrected chi connectivity index (χ2v) is 5.46. The Balaban J connectivity index is 1.72. The van der Waals surface area contributed by atoms with Gasteiger partial charge in [0.25, 0.3) is 0 Å². The van der Waals surface area contributed by atoms with Crippen LogP contribution in [0, 0.1) is 0 Å². The molecular formula is C12H18N4O3S. The molecule has 8 heteroatoms. The minimum absolute atomic E-state index is 0.00467. The predicted molar refractivity (Wildman–Crippen MR) is 74.5 cm³/mol. The summed E-state index contributed by atoms with van der Waals surface area (Å²) >= 11 is 1.36. The number of carbonyl (C=O) groups is 2. The lowest BCUT2D eigenvalue weighted by molar-refractivity contribution is -0.136. The van der Waals surface area contributed by atoms with Crippen molar-refractivity contribution < 1.29 is 14.3 Å². The second-order valence-electron chi connectivity index (χ2n) is 4.40. The average molecular weight is 298 g/mol. The van der Waals surface area contributed by atoms with Crippen LogP contribution in [0.5, 0.6) is 0 Å². The van der Waals surface area contributed by atoms with Crippen molar-refractivity contribution in [1.29, 1.82) is 0 Å². The molecule has 1 aromatic rings. The third-order valence-corrected chi connectivity index (χ3v) is 3.93. The van der Waals surface area contributed by atoms with Gasteiger partial charge < -0.3 is 15.0 Å². The first-order chi connectivity index (χ1) is 9.69. The van der Waals surface area contributed by atoms with Gasteiger partial charge in [-0.1, -0.05) is 18.3 Å². The number of rotatable bonds is 5. The van der Waals surface area contributed by atoms with Gasteiger partial charge >= 0.3 is 0 Å². The molecule has 0 aromatic carbocycles. The van der Waals surface area contributed by atoms with E-state index in [1.165, 1.54) is 11.3 Å². The maximum absolute atomic E-state index is 11.9. The molecule has 0 saturated carbocycles. The van der Waals surface area contributed by atoms with Gasteiger partial charge in [-0.25, -0.2) is 0 Å². The van der Waals surface area contributed by atoms with E-state index in [-0.39, 0.29) is 24.7 Å². The Morgan fingerprint density at radius 2 is 2.05 bits per heavy atom. The molecule has 0 atom stereocenters. The summed E-state index contributed by atoms with van der Waals surface area (Å²) in [5, 5.41) is 11.8. The number of ether oxygens (including phenoxy) is 1. The fourth-order valence-electron chi connectivity index (χ4n) is 1.82. The maximum Gasteiger partial charge on any atom is 0.226 e. The number of hydrogen-bond acceptors (Lipinski definition) is 6. The Kier molecular flexibility index (Phi) is 5.42. The summed E-state index contributed by atoms with van der Waals surface area (Å²) in [7, 11) is 0. The highest BCUT2D eigenvalue weighted by Gasteiger charge is 2.18. The first-order valence-corrected chi connectivity index (χ1v) is 7.48. The number of hydrogen-bond donors (Lipinski definition) is 1. The Hall–Kier alpha value is -1.54. The average Bonchev–Trinajstić information content (AvgIpc) is 2.93. The van der Waals surface area contributed by atoms with E-state index in [0.717, 1.165) is 11.4 Å². The van der Waals surface area contributed by atoms with Crippen molar-refractivity contribution in [3.8, 4) is 0 Å². The standard InChI is InChI=1S/C12H18N4O3S/c1-2-10-14-15-12(20-10)13-9(17)3-4-11(18)16-5-7-19-8-6-16/h2-8H2,1H3,(H,13,15,17). The van der Waals surface area contributed by atoms with Crippen molar-refractivity contribution >= 4 is 28.3 Å². The molecule has 20 heavy (non-hydrogen) atoms. The fourth-order valence-corrected chi connectivity index (χ4v) is 2.52. The van der Waals surface area contributed by atoms with Crippen molar-refractivity contribution in [2.24, 2.45) is 0 Å². The molecule has 2 rings (SSSR count). The fraction of sp³-hybridized carbons (Fsp3) is 0.667. The van der Waals surface area contributed by atoms with E-state index in [9.17, 15) is 9.59 Å². The van der Waals surface area contributed by atoms with Gasteiger partial charge in [-0.3, -0.25) is 9.59 Å². The highest BCUT2D eigenvalue weighted by molar-refractivity contribution is 7.15. The molecule has 1 aromatic heterocycles. The van der Waals surface area contributed by atoms with Gasteiger partial charge in [-0.05, 0) is 6.42 Å². The summed E-state index contributed by atoms with van der Waals surface area (Å²) in [5.74, 6) is -0.208. The molecule has 0 aliphatic carbocycles. The van der Waals surface area contributed by atoms with Crippen LogP contribution in [0.3, 0.4) is 0 Å². The van der Waals surface area contributed by atoms with E-state index in [2.05, 4.69) is 15.5 Å². The van der Waals surface area contributed by atoms with E-state index in [1.807, 2.05) is 6.92 Å². The summed E-state index contributed by atoms with van der Waals surface area (Å²) in [5.41, 5.74) is 0. The largest absolute Gasteiger partial charge is 0.378 e. The van der Waals surface area contributed by atoms with Gasteiger partial charge in [-0.15, -0.1) is 10.2 Å². The summed E-state index contributed by atoms with van der Waals surface area (Å²) in [6.45, 7) is 4.34. The van der Waals surface area contributed by atoms with E-state index in [1.54, 1.807) is 4.90 Å². The molecule has 1 fully saturated rings. The molecule has 0 radical (unpaired) electrons. The molecule has 2 heterocycles. The summed E-state index contributed by atoms with van der Waals surface area (Å²) < 4.78 is 5.18. The lowest BCUT2D eigenvalue weighted by atomic mass is 10.2. The highest BCUT2D eigenvalue weighted by Crippen LogP contribution is 2.15. The zero-order valence-corrected chi connectivity index (χ0v) is 12.2. The lowest BCUT2D eigenvalue weighted by Crippen LogP contribution is -2.40. The lowest BCUT2D eigenvalue weighted by Gasteiger charge is -2.26. The van der Waals surface area contributed by atoms with Crippen molar-refractivity contribution in [3.63, 3.8) is 0 Å². The van der Waals surface area contributed by atoms with Crippen molar-refractivity contribution in [2.75, 3.05) is 31.6 Å². The molecule has 0 bridgehead atoms. The Bertz CT molecular complexity index is 471. The quantitative estimate of drug-likeness (QED) is 0.864. The van der Waals surface area contributed by atoms with E-state index >= 15 is 0 Å². The zero-order chi connectivity index (χ0) is 14.4. The van der Waals surface area contributed by atoms with Gasteiger partial charge in [0, 0.05) is 25.9 Å². The van der Waals surface area contributed by atoms with Crippen LogP contribution in [0.15, 0.2) is 0 Å². The smallest absolute Gasteiger partial charge is 0.226 e. The number of aryl methyl sites for hydroxylation is 1. The normalized spacial score (nSPS) is 15.2. The van der Waals surface area contributed by atoms with E-state index in [0.29, 0.717) is 31.4 Å².